The van der Waals surface area contributed by atoms with Gasteiger partial charge in [-0.15, -0.1) is 0 Å². The van der Waals surface area contributed by atoms with Crippen LogP contribution < -0.4 is 10.2 Å². The quantitative estimate of drug-likeness (QED) is 0.0663. The lowest BCUT2D eigenvalue weighted by Gasteiger charge is -2.47. The first-order valence-electron chi connectivity index (χ1n) is 19.6. The summed E-state index contributed by atoms with van der Waals surface area (Å²) in [4.78, 5) is 28.0. The highest BCUT2D eigenvalue weighted by molar-refractivity contribution is 5.88. The maximum absolute atomic E-state index is 14.4. The van der Waals surface area contributed by atoms with Crippen LogP contribution in [-0.2, 0) is 33.2 Å². The van der Waals surface area contributed by atoms with Crippen molar-refractivity contribution >= 4 is 23.0 Å². The number of ether oxygens (including phenoxy) is 7. The van der Waals surface area contributed by atoms with Crippen LogP contribution in [0.15, 0.2) is 76.0 Å². The highest BCUT2D eigenvalue weighted by atomic mass is 16.8. The largest absolute Gasteiger partial charge is 0.508 e. The highest BCUT2D eigenvalue weighted by Crippen LogP contribution is 2.39. The van der Waals surface area contributed by atoms with Gasteiger partial charge in [-0.2, -0.15) is 0 Å². The maximum atomic E-state index is 14.4. The lowest BCUT2D eigenvalue weighted by Crippen LogP contribution is -2.66. The average Bonchev–Trinajstić information content (AvgIpc) is 3.24. The molecule has 3 aliphatic heterocycles. The summed E-state index contributed by atoms with van der Waals surface area (Å²) in [7, 11) is 0. The van der Waals surface area contributed by atoms with E-state index in [1.807, 2.05) is 0 Å². The van der Waals surface area contributed by atoms with Gasteiger partial charge in [-0.1, -0.05) is 12.1 Å². The van der Waals surface area contributed by atoms with Gasteiger partial charge in [0.15, 0.2) is 30.5 Å². The number of hydrogen-bond donors (Lipinski definition) is 11. The van der Waals surface area contributed by atoms with Crippen molar-refractivity contribution in [3.8, 4) is 40.1 Å². The third-order valence-electron chi connectivity index (χ3n) is 10.8. The molecule has 3 aliphatic rings. The molecule has 0 aliphatic carbocycles. The summed E-state index contributed by atoms with van der Waals surface area (Å²) in [5, 5.41) is 116. The molecule has 0 bridgehead atoms. The second-order valence-electron chi connectivity index (χ2n) is 15.2. The van der Waals surface area contributed by atoms with Gasteiger partial charge in [0, 0.05) is 23.8 Å². The molecule has 340 valence electrons. The maximum Gasteiger partial charge on any atom is 0.331 e. The predicted octanol–water partition coefficient (Wildman–Crippen LogP) is -0.571. The predicted molar refractivity (Wildman–Crippen MR) is 211 cm³/mol. The van der Waals surface area contributed by atoms with E-state index in [1.165, 1.54) is 68.5 Å². The zero-order valence-electron chi connectivity index (χ0n) is 33.3. The number of carbonyl (C=O) groups excluding carboxylic acids is 1. The van der Waals surface area contributed by atoms with Gasteiger partial charge in [0.1, 0.15) is 82.8 Å². The fourth-order valence-corrected chi connectivity index (χ4v) is 7.24. The Balaban J connectivity index is 1.33. The van der Waals surface area contributed by atoms with Gasteiger partial charge < -0.3 is 93.7 Å². The molecule has 15 atom stereocenters. The van der Waals surface area contributed by atoms with E-state index in [0.29, 0.717) is 5.56 Å². The first-order chi connectivity index (χ1) is 29.9. The molecule has 0 saturated carbocycles. The Morgan fingerprint density at radius 1 is 0.667 bits per heavy atom. The number of fused-ring (bicyclic) bond motifs is 1. The van der Waals surface area contributed by atoms with Crippen molar-refractivity contribution in [3.05, 3.63) is 82.5 Å². The van der Waals surface area contributed by atoms with Gasteiger partial charge in [0.05, 0.1) is 18.8 Å². The van der Waals surface area contributed by atoms with Crippen molar-refractivity contribution < 1.29 is 98.5 Å². The number of phenols is 4. The number of aliphatic hydroxyl groups excluding tert-OH is 7. The third kappa shape index (κ3) is 9.60. The summed E-state index contributed by atoms with van der Waals surface area (Å²) in [6.07, 6.45) is -23.5. The smallest absolute Gasteiger partial charge is 0.331 e. The number of esters is 1. The van der Waals surface area contributed by atoms with Crippen molar-refractivity contribution in [1.29, 1.82) is 0 Å². The molecule has 4 heterocycles. The van der Waals surface area contributed by atoms with E-state index in [1.54, 1.807) is 0 Å². The van der Waals surface area contributed by atoms with E-state index < -0.39 is 133 Å². The number of benzene rings is 3. The molecule has 3 fully saturated rings. The molecule has 0 radical (unpaired) electrons. The van der Waals surface area contributed by atoms with E-state index in [9.17, 15) is 65.8 Å². The Bertz CT molecular complexity index is 2320. The second kappa shape index (κ2) is 18.8. The van der Waals surface area contributed by atoms with Gasteiger partial charge in [0.25, 0.3) is 0 Å². The Labute approximate surface area is 356 Å². The fraction of sp³-hybridized carbons (Fsp3) is 0.429. The van der Waals surface area contributed by atoms with Crippen molar-refractivity contribution in [2.24, 2.45) is 0 Å². The van der Waals surface area contributed by atoms with Gasteiger partial charge in [-0.25, -0.2) is 4.79 Å². The van der Waals surface area contributed by atoms with E-state index in [4.69, 9.17) is 37.6 Å². The molecule has 3 saturated heterocycles. The van der Waals surface area contributed by atoms with Crippen LogP contribution in [0.5, 0.6) is 28.7 Å². The standard InChI is InChI=1S/C42H46O21/c1-16-28(48)32(52)34(54)40(57-16)56-15-25-30(50)37(61-26(47)12-5-18-3-8-20(43)9-4-18)39(63-41-35(55)33(53)29(49)17(2)58-41)42(60-25)62-38-31(51)27-23(46)13-22(45)14-24(27)59-36(38)19-6-10-21(44)11-7-19/h3-14,16-17,25,28-30,32-35,37,39-46,48-50,52-55H,15H2,1-2H3/b12-5+/t16-,17-,25+,28-,29-,30-,32+,33+,34+,35+,37-,39+,40+,41-,42-/m0/s1. The number of aliphatic hydroxyl groups is 7. The minimum Gasteiger partial charge on any atom is -0.508 e. The minimum atomic E-state index is -2.06. The lowest BCUT2D eigenvalue weighted by molar-refractivity contribution is -0.360. The number of aromatic hydroxyl groups is 4. The molecule has 0 spiro atoms. The Kier molecular flexibility index (Phi) is 13.6. The second-order valence-corrected chi connectivity index (χ2v) is 15.2. The van der Waals surface area contributed by atoms with Crippen molar-refractivity contribution in [1.82, 2.24) is 0 Å². The van der Waals surface area contributed by atoms with E-state index in [0.717, 1.165) is 18.2 Å². The zero-order valence-corrected chi connectivity index (χ0v) is 33.3. The van der Waals surface area contributed by atoms with E-state index in [-0.39, 0.29) is 28.4 Å². The number of hydrogen-bond acceptors (Lipinski definition) is 21. The van der Waals surface area contributed by atoms with Crippen LogP contribution in [-0.4, -0.2) is 161 Å². The summed E-state index contributed by atoms with van der Waals surface area (Å²) < 4.78 is 47.2. The lowest BCUT2D eigenvalue weighted by atomic mass is 9.97. The summed E-state index contributed by atoms with van der Waals surface area (Å²) in [5.74, 6) is -3.65. The summed E-state index contributed by atoms with van der Waals surface area (Å²) in [6, 6.07) is 12.7. The van der Waals surface area contributed by atoms with E-state index >= 15 is 0 Å². The van der Waals surface area contributed by atoms with Crippen LogP contribution in [0.4, 0.5) is 0 Å². The Morgan fingerprint density at radius 3 is 1.89 bits per heavy atom. The molecule has 3 aromatic carbocycles. The molecule has 11 N–H and O–H groups in total. The average molecular weight is 887 g/mol. The number of rotatable bonds is 11. The molecule has 0 unspecified atom stereocenters. The number of carbonyl (C=O) groups is 1. The first kappa shape index (κ1) is 45.6. The molecular weight excluding hydrogens is 840 g/mol. The van der Waals surface area contributed by atoms with Crippen molar-refractivity contribution in [3.63, 3.8) is 0 Å². The summed E-state index contributed by atoms with van der Waals surface area (Å²) >= 11 is 0. The number of phenolic OH excluding ortho intramolecular Hbond substituents is 4. The van der Waals surface area contributed by atoms with Gasteiger partial charge >= 0.3 is 5.97 Å². The monoisotopic (exact) mass is 886 g/mol. The van der Waals surface area contributed by atoms with Crippen LogP contribution >= 0.6 is 0 Å². The van der Waals surface area contributed by atoms with Crippen LogP contribution in [0.25, 0.3) is 28.4 Å². The topological polar surface area (TPSA) is 334 Å². The molecule has 63 heavy (non-hydrogen) atoms. The SMILES string of the molecule is C[C@@H]1O[C@@H](OC[C@H]2O[C@@H](Oc3c(-c4ccc(O)cc4)oc4cc(O)cc(O)c4c3=O)[C@H](O[C@@H]3O[C@@H](C)[C@H](O)[C@@H](O)[C@H]3O)[C@@H](OC(=O)/C=C/c3ccc(O)cc3)[C@H]2O)[C@H](O)[C@H](O)[C@H]1O. The van der Waals surface area contributed by atoms with Crippen molar-refractivity contribution in [2.45, 2.75) is 106 Å². The highest BCUT2D eigenvalue weighted by Gasteiger charge is 2.54. The first-order valence-corrected chi connectivity index (χ1v) is 19.6. The molecular formula is C42H46O21. The van der Waals surface area contributed by atoms with E-state index in [2.05, 4.69) is 0 Å². The van der Waals surface area contributed by atoms with Crippen LogP contribution in [0.2, 0.25) is 0 Å². The van der Waals surface area contributed by atoms with Gasteiger partial charge in [-0.05, 0) is 61.9 Å². The van der Waals surface area contributed by atoms with Crippen molar-refractivity contribution in [2.75, 3.05) is 6.61 Å². The van der Waals surface area contributed by atoms with Crippen LogP contribution in [0.3, 0.4) is 0 Å². The fourth-order valence-electron chi connectivity index (χ4n) is 7.24. The zero-order chi connectivity index (χ0) is 45.4. The third-order valence-corrected chi connectivity index (χ3v) is 10.8. The minimum absolute atomic E-state index is 0.0490. The molecule has 7 rings (SSSR count). The normalized spacial score (nSPS) is 33.6. The Hall–Kier alpha value is -5.40. The van der Waals surface area contributed by atoms with Gasteiger partial charge in [-0.3, -0.25) is 4.79 Å². The summed E-state index contributed by atoms with van der Waals surface area (Å²) in [6.45, 7) is 2.00. The summed E-state index contributed by atoms with van der Waals surface area (Å²) in [5.41, 5.74) is -0.848. The molecule has 4 aromatic rings. The Morgan fingerprint density at radius 2 is 1.25 bits per heavy atom. The van der Waals surface area contributed by atoms with Gasteiger partial charge in [0.2, 0.25) is 17.5 Å². The molecule has 21 heteroatoms. The molecule has 21 nitrogen and oxygen atoms in total. The van der Waals surface area contributed by atoms with Crippen LogP contribution in [0, 0.1) is 0 Å². The molecule has 1 aromatic heterocycles. The molecule has 0 amide bonds. The van der Waals surface area contributed by atoms with Crippen LogP contribution in [0.1, 0.15) is 19.4 Å².